The van der Waals surface area contributed by atoms with Crippen molar-refractivity contribution in [3.05, 3.63) is 22.2 Å². The summed E-state index contributed by atoms with van der Waals surface area (Å²) in [4.78, 5) is 0. The molecule has 0 saturated heterocycles. The normalized spacial score (nSPS) is 18.9. The van der Waals surface area contributed by atoms with Gasteiger partial charge in [0.15, 0.2) is 0 Å². The summed E-state index contributed by atoms with van der Waals surface area (Å²) in [6.07, 6.45) is 5.05. The molecule has 0 saturated carbocycles. The molecule has 1 aliphatic rings. The number of hydrogen-bond acceptors (Lipinski definition) is 0. The molecule has 0 aromatic carbocycles. The second-order valence-electron chi connectivity index (χ2n) is 1.90. The van der Waals surface area contributed by atoms with Crippen molar-refractivity contribution >= 4 is 47.8 Å². The van der Waals surface area contributed by atoms with E-state index < -0.39 is 0 Å². The Balaban J connectivity index is 2.91. The Morgan fingerprint density at radius 2 is 2.00 bits per heavy atom. The molecule has 4 heteroatoms. The second kappa shape index (κ2) is 3.43. The fourth-order valence-corrected chi connectivity index (χ4v) is 2.71. The van der Waals surface area contributed by atoms with Crippen LogP contribution in [0, 0.1) is 0 Å². The zero-order valence-electron chi connectivity index (χ0n) is 4.83. The average molecular weight is 375 g/mol. The SMILES string of the molecule is [Co][C]1=C(C(Br)(Br)Br)C=CC1. The molecule has 0 amide bonds. The molecular weight excluding hydrogens is 371 g/mol. The Labute approximate surface area is 93.5 Å². The third-order valence-electron chi connectivity index (χ3n) is 1.16. The van der Waals surface area contributed by atoms with Crippen LogP contribution in [0.4, 0.5) is 0 Å². The van der Waals surface area contributed by atoms with Gasteiger partial charge in [-0.1, -0.05) is 0 Å². The maximum atomic E-state index is 4.36. The first-order valence-electron chi connectivity index (χ1n) is 2.62. The topological polar surface area (TPSA) is 0 Å². The molecule has 0 aromatic rings. The molecule has 0 atom stereocenters. The van der Waals surface area contributed by atoms with Crippen molar-refractivity contribution in [2.45, 2.75) is 8.56 Å². The summed E-state index contributed by atoms with van der Waals surface area (Å²) in [5.41, 5.74) is 1.13. The van der Waals surface area contributed by atoms with Crippen molar-refractivity contribution in [1.82, 2.24) is 0 Å². The average Bonchev–Trinajstić information content (AvgIpc) is 2.11. The van der Waals surface area contributed by atoms with Crippen molar-refractivity contribution in [2.75, 3.05) is 0 Å². The molecule has 0 fully saturated rings. The van der Waals surface area contributed by atoms with Gasteiger partial charge in [-0.3, -0.25) is 0 Å². The number of allylic oxidation sites excluding steroid dienone is 4. The minimum absolute atomic E-state index is 0.296. The van der Waals surface area contributed by atoms with Crippen molar-refractivity contribution in [3.8, 4) is 0 Å². The van der Waals surface area contributed by atoms with Crippen LogP contribution in [0.25, 0.3) is 0 Å². The van der Waals surface area contributed by atoms with Gasteiger partial charge in [0.1, 0.15) is 0 Å². The molecule has 1 rings (SSSR count). The monoisotopic (exact) mass is 372 g/mol. The summed E-state index contributed by atoms with van der Waals surface area (Å²) < 4.78 is 0.785. The standard InChI is InChI=1S/C6H4Br3.Co/c7-6(8,9)5-3-1-2-4-5;/h1,3H,2H2;. The van der Waals surface area contributed by atoms with Crippen LogP contribution in [-0.4, -0.2) is 2.14 Å². The first-order valence-corrected chi connectivity index (χ1v) is 5.52. The van der Waals surface area contributed by atoms with Gasteiger partial charge in [0.2, 0.25) is 0 Å². The molecule has 0 heterocycles. The maximum absolute atomic E-state index is 4.36. The molecule has 0 N–H and O–H groups in total. The van der Waals surface area contributed by atoms with E-state index >= 15 is 0 Å². The molecule has 0 radical (unpaired) electrons. The van der Waals surface area contributed by atoms with Gasteiger partial charge in [-0.25, -0.2) is 0 Å². The molecule has 10 heavy (non-hydrogen) atoms. The molecule has 0 bridgehead atoms. The Morgan fingerprint density at radius 1 is 1.40 bits per heavy atom. The van der Waals surface area contributed by atoms with Gasteiger partial charge in [0.05, 0.1) is 0 Å². The van der Waals surface area contributed by atoms with Crippen LogP contribution in [0.3, 0.4) is 0 Å². The predicted octanol–water partition coefficient (Wildman–Crippen LogP) is 3.59. The van der Waals surface area contributed by atoms with E-state index in [0.717, 1.165) is 16.5 Å². The van der Waals surface area contributed by atoms with Crippen LogP contribution in [0.15, 0.2) is 22.2 Å². The summed E-state index contributed by atoms with van der Waals surface area (Å²) >= 11 is 14.6. The molecule has 0 nitrogen and oxygen atoms in total. The van der Waals surface area contributed by atoms with Crippen LogP contribution >= 0.6 is 47.8 Å². The summed E-state index contributed by atoms with van der Waals surface area (Å²) in [7, 11) is 0. The summed E-state index contributed by atoms with van der Waals surface area (Å²) in [5, 5.41) is 0. The Hall–Kier alpha value is 1.43. The van der Waals surface area contributed by atoms with Crippen molar-refractivity contribution < 1.29 is 15.7 Å². The van der Waals surface area contributed by atoms with E-state index in [1.165, 1.54) is 0 Å². The van der Waals surface area contributed by atoms with Crippen LogP contribution < -0.4 is 0 Å². The molecule has 0 aromatic heterocycles. The van der Waals surface area contributed by atoms with E-state index in [0.29, 0.717) is 0 Å². The Morgan fingerprint density at radius 3 is 2.20 bits per heavy atom. The van der Waals surface area contributed by atoms with Crippen LogP contribution in [-0.2, 0) is 15.7 Å². The molecule has 1 aliphatic carbocycles. The molecule has 58 valence electrons. The van der Waals surface area contributed by atoms with E-state index in [2.05, 4.69) is 69.6 Å². The molecular formula is C6H4Br3Co. The van der Waals surface area contributed by atoms with Crippen LogP contribution in [0.5, 0.6) is 0 Å². The third-order valence-corrected chi connectivity index (χ3v) is 2.93. The molecule has 0 unspecified atom stereocenters. The Kier molecular flexibility index (Phi) is 3.27. The molecule has 0 aliphatic heterocycles. The number of hydrogen-bond donors (Lipinski definition) is 0. The fraction of sp³-hybridized carbons (Fsp3) is 0.333. The molecule has 0 spiro atoms. The van der Waals surface area contributed by atoms with Crippen LogP contribution in [0.1, 0.15) is 6.42 Å². The van der Waals surface area contributed by atoms with Gasteiger partial charge in [-0.15, -0.1) is 0 Å². The van der Waals surface area contributed by atoms with Gasteiger partial charge in [0.25, 0.3) is 0 Å². The zero-order chi connectivity index (χ0) is 7.78. The third kappa shape index (κ3) is 2.20. The van der Waals surface area contributed by atoms with E-state index in [1.54, 1.807) is 0 Å². The quantitative estimate of drug-likeness (QED) is 0.569. The van der Waals surface area contributed by atoms with Crippen molar-refractivity contribution in [3.63, 3.8) is 0 Å². The van der Waals surface area contributed by atoms with Gasteiger partial charge >= 0.3 is 94.3 Å². The zero-order valence-corrected chi connectivity index (χ0v) is 10.6. The summed E-state index contributed by atoms with van der Waals surface area (Å²) in [5.74, 6) is 0. The van der Waals surface area contributed by atoms with Crippen molar-refractivity contribution in [2.24, 2.45) is 0 Å². The number of alkyl halides is 3. The summed E-state index contributed by atoms with van der Waals surface area (Å²) in [6.45, 7) is 0. The van der Waals surface area contributed by atoms with E-state index in [1.807, 2.05) is 6.08 Å². The first-order chi connectivity index (χ1) is 4.52. The van der Waals surface area contributed by atoms with Crippen LogP contribution in [0.2, 0.25) is 0 Å². The number of halogens is 3. The van der Waals surface area contributed by atoms with Crippen molar-refractivity contribution in [1.29, 1.82) is 0 Å². The van der Waals surface area contributed by atoms with E-state index in [-0.39, 0.29) is 2.14 Å². The van der Waals surface area contributed by atoms with Gasteiger partial charge in [0, 0.05) is 0 Å². The van der Waals surface area contributed by atoms with E-state index in [9.17, 15) is 0 Å². The fourth-order valence-electron chi connectivity index (χ4n) is 0.714. The minimum atomic E-state index is -0.296. The first kappa shape index (κ1) is 9.51. The van der Waals surface area contributed by atoms with Gasteiger partial charge in [-0.05, 0) is 0 Å². The number of rotatable bonds is 0. The Bertz CT molecular complexity index is 200. The van der Waals surface area contributed by atoms with Gasteiger partial charge in [-0.2, -0.15) is 0 Å². The van der Waals surface area contributed by atoms with Gasteiger partial charge < -0.3 is 0 Å². The van der Waals surface area contributed by atoms with E-state index in [4.69, 9.17) is 0 Å². The predicted molar refractivity (Wildman–Crippen MR) is 50.3 cm³/mol. The second-order valence-corrected chi connectivity index (χ2v) is 9.29. The summed E-state index contributed by atoms with van der Waals surface area (Å²) in [6, 6.07) is 0.